The van der Waals surface area contributed by atoms with Crippen molar-refractivity contribution in [3.8, 4) is 0 Å². The fourth-order valence-corrected chi connectivity index (χ4v) is 5.33. The zero-order valence-corrected chi connectivity index (χ0v) is 17.5. The van der Waals surface area contributed by atoms with Crippen LogP contribution in [0.25, 0.3) is 0 Å². The molecule has 0 bridgehead atoms. The van der Waals surface area contributed by atoms with E-state index in [-0.39, 0.29) is 11.7 Å². The molecule has 3 heterocycles. The summed E-state index contributed by atoms with van der Waals surface area (Å²) < 4.78 is 2.33. The molecule has 0 aromatic carbocycles. The lowest BCUT2D eigenvalue weighted by atomic mass is 10.2. The summed E-state index contributed by atoms with van der Waals surface area (Å²) in [6.07, 6.45) is 8.69. The number of nitrogens with zero attached hydrogens (tertiary/aromatic N) is 3. The summed E-state index contributed by atoms with van der Waals surface area (Å²) in [5.74, 6) is 0.350. The van der Waals surface area contributed by atoms with Crippen LogP contribution in [0.5, 0.6) is 0 Å². The molecule has 1 saturated carbocycles. The van der Waals surface area contributed by atoms with Crippen molar-refractivity contribution in [3.63, 3.8) is 0 Å². The number of aromatic nitrogens is 3. The molecule has 0 radical (unpaired) electrons. The van der Waals surface area contributed by atoms with E-state index in [1.54, 1.807) is 12.3 Å². The molecule has 0 atom stereocenters. The minimum absolute atomic E-state index is 0.00720. The van der Waals surface area contributed by atoms with Crippen molar-refractivity contribution in [2.45, 2.75) is 63.6 Å². The Morgan fingerprint density at radius 2 is 1.89 bits per heavy atom. The SMILES string of the molecule is Cc1nc(SCC(=O)c2c[nH]c(C(=O)N3CCCC3)c2)n(C2CCCC2)c1C. The van der Waals surface area contributed by atoms with Crippen LogP contribution in [-0.2, 0) is 0 Å². The Morgan fingerprint density at radius 1 is 1.18 bits per heavy atom. The lowest BCUT2D eigenvalue weighted by Gasteiger charge is -2.16. The van der Waals surface area contributed by atoms with Crippen molar-refractivity contribution in [2.75, 3.05) is 18.8 Å². The number of carbonyl (C=O) groups is 2. The molecule has 1 N–H and O–H groups in total. The summed E-state index contributed by atoms with van der Waals surface area (Å²) in [6.45, 7) is 5.77. The Labute approximate surface area is 170 Å². The molecule has 4 rings (SSSR count). The molecule has 0 spiro atoms. The first-order valence-corrected chi connectivity index (χ1v) is 11.2. The molecule has 6 nitrogen and oxygen atoms in total. The first-order valence-electron chi connectivity index (χ1n) is 10.2. The van der Waals surface area contributed by atoms with Crippen LogP contribution in [0, 0.1) is 13.8 Å². The van der Waals surface area contributed by atoms with E-state index in [0.29, 0.717) is 23.1 Å². The monoisotopic (exact) mass is 400 g/mol. The van der Waals surface area contributed by atoms with Crippen LogP contribution in [0.3, 0.4) is 0 Å². The van der Waals surface area contributed by atoms with Crippen molar-refractivity contribution in [1.29, 1.82) is 0 Å². The maximum absolute atomic E-state index is 12.7. The second kappa shape index (κ2) is 8.15. The lowest BCUT2D eigenvalue weighted by Crippen LogP contribution is -2.27. The molecule has 1 aliphatic carbocycles. The number of imidazole rings is 1. The predicted molar refractivity (Wildman–Crippen MR) is 110 cm³/mol. The summed E-state index contributed by atoms with van der Waals surface area (Å²) in [7, 11) is 0. The number of rotatable bonds is 6. The van der Waals surface area contributed by atoms with Gasteiger partial charge in [0.25, 0.3) is 5.91 Å². The third kappa shape index (κ3) is 3.77. The topological polar surface area (TPSA) is 71.0 Å². The van der Waals surface area contributed by atoms with Crippen LogP contribution in [0.4, 0.5) is 0 Å². The normalized spacial score (nSPS) is 17.6. The fraction of sp³-hybridized carbons (Fsp3) is 0.571. The molecule has 1 aliphatic heterocycles. The number of likely N-dealkylation sites (tertiary alicyclic amines) is 1. The molecule has 1 amide bonds. The average Bonchev–Trinajstić information content (AvgIpc) is 3.47. The summed E-state index contributed by atoms with van der Waals surface area (Å²) in [5.41, 5.74) is 3.33. The highest BCUT2D eigenvalue weighted by Crippen LogP contribution is 2.35. The Morgan fingerprint density at radius 3 is 2.61 bits per heavy atom. The summed E-state index contributed by atoms with van der Waals surface area (Å²) in [4.78, 5) is 34.7. The molecule has 2 aromatic rings. The molecule has 0 unspecified atom stereocenters. The smallest absolute Gasteiger partial charge is 0.270 e. The van der Waals surface area contributed by atoms with Crippen LogP contribution in [-0.4, -0.2) is 50.0 Å². The van der Waals surface area contributed by atoms with E-state index < -0.39 is 0 Å². The number of thioether (sulfide) groups is 1. The van der Waals surface area contributed by atoms with E-state index in [1.807, 2.05) is 11.8 Å². The number of carbonyl (C=O) groups excluding carboxylic acids is 2. The van der Waals surface area contributed by atoms with Crippen LogP contribution < -0.4 is 0 Å². The van der Waals surface area contributed by atoms with E-state index in [1.165, 1.54) is 43.1 Å². The highest BCUT2D eigenvalue weighted by molar-refractivity contribution is 7.99. The number of aromatic amines is 1. The lowest BCUT2D eigenvalue weighted by molar-refractivity contribution is 0.0787. The average molecular weight is 401 g/mol. The van der Waals surface area contributed by atoms with Gasteiger partial charge in [0, 0.05) is 36.6 Å². The van der Waals surface area contributed by atoms with Gasteiger partial charge in [-0.3, -0.25) is 9.59 Å². The Kier molecular flexibility index (Phi) is 5.62. The number of Topliss-reactive ketones (excluding diaryl/α,β-unsaturated/α-hetero) is 1. The number of H-pyrrole nitrogens is 1. The van der Waals surface area contributed by atoms with E-state index in [9.17, 15) is 9.59 Å². The molecule has 1 saturated heterocycles. The van der Waals surface area contributed by atoms with Gasteiger partial charge in [0.2, 0.25) is 0 Å². The zero-order valence-electron chi connectivity index (χ0n) is 16.7. The van der Waals surface area contributed by atoms with Crippen molar-refractivity contribution >= 4 is 23.5 Å². The standard InChI is InChI=1S/C21H28N4O2S/c1-14-15(2)25(17-7-3-4-8-17)21(23-14)28-13-19(26)16-11-18(22-12-16)20(27)24-9-5-6-10-24/h11-12,17,22H,3-10,13H2,1-2H3. The predicted octanol–water partition coefficient (Wildman–Crippen LogP) is 4.15. The molecule has 2 fully saturated rings. The summed E-state index contributed by atoms with van der Waals surface area (Å²) in [5, 5.41) is 0.944. The molecular weight excluding hydrogens is 372 g/mol. The van der Waals surface area contributed by atoms with Gasteiger partial charge in [-0.2, -0.15) is 0 Å². The second-order valence-corrected chi connectivity index (χ2v) is 8.83. The minimum Gasteiger partial charge on any atom is -0.356 e. The van der Waals surface area contributed by atoms with Crippen LogP contribution in [0.1, 0.15) is 76.8 Å². The second-order valence-electron chi connectivity index (χ2n) is 7.89. The molecule has 2 aromatic heterocycles. The van der Waals surface area contributed by atoms with Gasteiger partial charge < -0.3 is 14.5 Å². The summed E-state index contributed by atoms with van der Waals surface area (Å²) >= 11 is 1.51. The van der Waals surface area contributed by atoms with Crippen molar-refractivity contribution in [2.24, 2.45) is 0 Å². The molecule has 150 valence electrons. The molecular formula is C21H28N4O2S. The molecule has 7 heteroatoms. The maximum atomic E-state index is 12.7. The quantitative estimate of drug-likeness (QED) is 0.584. The Bertz CT molecular complexity index is 873. The Balaban J connectivity index is 1.42. The van der Waals surface area contributed by atoms with Gasteiger partial charge in [-0.1, -0.05) is 24.6 Å². The van der Waals surface area contributed by atoms with Gasteiger partial charge in [-0.15, -0.1) is 0 Å². The molecule has 28 heavy (non-hydrogen) atoms. The van der Waals surface area contributed by atoms with Gasteiger partial charge in [0.1, 0.15) is 5.69 Å². The van der Waals surface area contributed by atoms with Crippen LogP contribution >= 0.6 is 11.8 Å². The highest BCUT2D eigenvalue weighted by atomic mass is 32.2. The number of nitrogens with one attached hydrogen (secondary N) is 1. The van der Waals surface area contributed by atoms with Crippen LogP contribution in [0.2, 0.25) is 0 Å². The third-order valence-electron chi connectivity index (χ3n) is 6.01. The number of amides is 1. The fourth-order valence-electron chi connectivity index (χ4n) is 4.27. The van der Waals surface area contributed by atoms with Crippen molar-refractivity contribution in [1.82, 2.24) is 19.4 Å². The van der Waals surface area contributed by atoms with Crippen molar-refractivity contribution in [3.05, 3.63) is 34.9 Å². The molecule has 2 aliphatic rings. The van der Waals surface area contributed by atoms with E-state index >= 15 is 0 Å². The summed E-state index contributed by atoms with van der Waals surface area (Å²) in [6, 6.07) is 2.21. The largest absolute Gasteiger partial charge is 0.356 e. The van der Waals surface area contributed by atoms with Crippen molar-refractivity contribution < 1.29 is 9.59 Å². The number of ketones is 1. The number of aryl methyl sites for hydroxylation is 1. The van der Waals surface area contributed by atoms with Crippen LogP contribution in [0.15, 0.2) is 17.4 Å². The van der Waals surface area contributed by atoms with Gasteiger partial charge in [-0.05, 0) is 45.6 Å². The van der Waals surface area contributed by atoms with Gasteiger partial charge in [0.05, 0.1) is 11.4 Å². The number of hydrogen-bond acceptors (Lipinski definition) is 4. The number of hydrogen-bond donors (Lipinski definition) is 1. The third-order valence-corrected chi connectivity index (χ3v) is 6.96. The first-order chi connectivity index (χ1) is 13.5. The van der Waals surface area contributed by atoms with E-state index in [4.69, 9.17) is 4.98 Å². The minimum atomic E-state index is -0.00720. The van der Waals surface area contributed by atoms with Gasteiger partial charge >= 0.3 is 0 Å². The van der Waals surface area contributed by atoms with E-state index in [0.717, 1.165) is 36.8 Å². The highest BCUT2D eigenvalue weighted by Gasteiger charge is 2.25. The maximum Gasteiger partial charge on any atom is 0.270 e. The van der Waals surface area contributed by atoms with E-state index in [2.05, 4.69) is 16.5 Å². The Hall–Kier alpha value is -2.02. The van der Waals surface area contributed by atoms with Gasteiger partial charge in [-0.25, -0.2) is 4.98 Å². The zero-order chi connectivity index (χ0) is 19.7. The first kappa shape index (κ1) is 19.3. The van der Waals surface area contributed by atoms with Gasteiger partial charge in [0.15, 0.2) is 10.9 Å².